The maximum Gasteiger partial charge on any atom is 0.191 e. The number of nitrogens with zero attached hydrogens (tertiary/aromatic N) is 2. The lowest BCUT2D eigenvalue weighted by molar-refractivity contribution is -0.00502. The minimum atomic E-state index is 0. The highest BCUT2D eigenvalue weighted by atomic mass is 127. The van der Waals surface area contributed by atoms with Crippen LogP contribution in [0.1, 0.15) is 31.4 Å². The standard InChI is InChI=1S/C22H32N4O.HI/c1-17(19-10-9-18-7-5-6-8-20(18)15-19)25-21(23-2)24-16-22(26(3)4)11-13-27-14-12-22;/h5-10,15,17H,11-14,16H2,1-4H3,(H2,23,24,25);1H. The third-order valence-corrected chi connectivity index (χ3v) is 5.81. The number of fused-ring (bicyclic) bond motifs is 1. The van der Waals surface area contributed by atoms with Crippen molar-refractivity contribution in [2.75, 3.05) is 40.9 Å². The summed E-state index contributed by atoms with van der Waals surface area (Å²) in [5, 5.41) is 9.60. The van der Waals surface area contributed by atoms with Gasteiger partial charge >= 0.3 is 0 Å². The van der Waals surface area contributed by atoms with E-state index in [4.69, 9.17) is 4.74 Å². The summed E-state index contributed by atoms with van der Waals surface area (Å²) in [5.41, 5.74) is 1.37. The van der Waals surface area contributed by atoms with Crippen LogP contribution in [-0.4, -0.2) is 57.3 Å². The van der Waals surface area contributed by atoms with Crippen molar-refractivity contribution in [3.63, 3.8) is 0 Å². The molecule has 0 aliphatic carbocycles. The van der Waals surface area contributed by atoms with Crippen molar-refractivity contribution in [3.05, 3.63) is 48.0 Å². The van der Waals surface area contributed by atoms with E-state index >= 15 is 0 Å². The first-order chi connectivity index (χ1) is 13.0. The Morgan fingerprint density at radius 3 is 2.46 bits per heavy atom. The quantitative estimate of drug-likeness (QED) is 0.376. The Balaban J connectivity index is 0.00000280. The summed E-state index contributed by atoms with van der Waals surface area (Å²) in [5.74, 6) is 0.836. The second-order valence-corrected chi connectivity index (χ2v) is 7.63. The van der Waals surface area contributed by atoms with Gasteiger partial charge in [0.25, 0.3) is 0 Å². The minimum Gasteiger partial charge on any atom is -0.381 e. The van der Waals surface area contributed by atoms with E-state index in [1.807, 2.05) is 7.05 Å². The Morgan fingerprint density at radius 2 is 1.82 bits per heavy atom. The third-order valence-electron chi connectivity index (χ3n) is 5.81. The highest BCUT2D eigenvalue weighted by Gasteiger charge is 2.34. The van der Waals surface area contributed by atoms with Crippen molar-refractivity contribution in [2.45, 2.75) is 31.3 Å². The van der Waals surface area contributed by atoms with Crippen LogP contribution in [-0.2, 0) is 4.74 Å². The van der Waals surface area contributed by atoms with Crippen LogP contribution < -0.4 is 10.6 Å². The van der Waals surface area contributed by atoms with E-state index in [2.05, 4.69) is 84.0 Å². The molecule has 2 N–H and O–H groups in total. The van der Waals surface area contributed by atoms with Gasteiger partial charge in [-0.25, -0.2) is 0 Å². The molecule has 6 heteroatoms. The van der Waals surface area contributed by atoms with Crippen LogP contribution in [0.3, 0.4) is 0 Å². The zero-order chi connectivity index (χ0) is 19.3. The summed E-state index contributed by atoms with van der Waals surface area (Å²) in [6.45, 7) is 4.67. The number of nitrogens with one attached hydrogen (secondary N) is 2. The van der Waals surface area contributed by atoms with Crippen LogP contribution >= 0.6 is 24.0 Å². The van der Waals surface area contributed by atoms with Gasteiger partial charge < -0.3 is 20.3 Å². The summed E-state index contributed by atoms with van der Waals surface area (Å²) in [6, 6.07) is 15.3. The molecular weight excluding hydrogens is 463 g/mol. The number of ether oxygens (including phenoxy) is 1. The minimum absolute atomic E-state index is 0. The molecule has 1 heterocycles. The van der Waals surface area contributed by atoms with E-state index in [-0.39, 0.29) is 35.6 Å². The molecule has 0 spiro atoms. The molecule has 5 nitrogen and oxygen atoms in total. The fraction of sp³-hybridized carbons (Fsp3) is 0.500. The summed E-state index contributed by atoms with van der Waals surface area (Å²) in [7, 11) is 6.14. The van der Waals surface area contributed by atoms with Gasteiger partial charge in [0.15, 0.2) is 5.96 Å². The number of halogens is 1. The van der Waals surface area contributed by atoms with E-state index in [0.29, 0.717) is 0 Å². The van der Waals surface area contributed by atoms with Crippen molar-refractivity contribution >= 4 is 40.7 Å². The van der Waals surface area contributed by atoms with Gasteiger partial charge in [-0.1, -0.05) is 36.4 Å². The van der Waals surface area contributed by atoms with Gasteiger partial charge in [0.2, 0.25) is 0 Å². The molecule has 0 saturated carbocycles. The van der Waals surface area contributed by atoms with Crippen molar-refractivity contribution in [2.24, 2.45) is 4.99 Å². The van der Waals surface area contributed by atoms with Crippen molar-refractivity contribution in [3.8, 4) is 0 Å². The van der Waals surface area contributed by atoms with Crippen LogP contribution in [0, 0.1) is 0 Å². The average molecular weight is 496 g/mol. The summed E-state index contributed by atoms with van der Waals surface area (Å²) in [6.07, 6.45) is 2.06. The SMILES string of the molecule is CN=C(NCC1(N(C)C)CCOCC1)NC(C)c1ccc2ccccc2c1.I. The van der Waals surface area contributed by atoms with Gasteiger partial charge in [0.05, 0.1) is 6.04 Å². The highest BCUT2D eigenvalue weighted by molar-refractivity contribution is 14.0. The van der Waals surface area contributed by atoms with Gasteiger partial charge in [-0.2, -0.15) is 0 Å². The third kappa shape index (κ3) is 5.36. The predicted octanol–water partition coefficient (Wildman–Crippen LogP) is 3.79. The Morgan fingerprint density at radius 1 is 1.14 bits per heavy atom. The fourth-order valence-electron chi connectivity index (χ4n) is 3.74. The largest absolute Gasteiger partial charge is 0.381 e. The molecule has 3 rings (SSSR count). The zero-order valence-electron chi connectivity index (χ0n) is 17.4. The normalized spacial score (nSPS) is 17.8. The van der Waals surface area contributed by atoms with Crippen molar-refractivity contribution < 1.29 is 4.74 Å². The van der Waals surface area contributed by atoms with E-state index in [9.17, 15) is 0 Å². The molecule has 0 radical (unpaired) electrons. The summed E-state index contributed by atoms with van der Waals surface area (Å²) >= 11 is 0. The van der Waals surface area contributed by atoms with Crippen LogP contribution in [0.2, 0.25) is 0 Å². The van der Waals surface area contributed by atoms with E-state index < -0.39 is 0 Å². The number of hydrogen-bond acceptors (Lipinski definition) is 3. The van der Waals surface area contributed by atoms with Crippen LogP contribution in [0.25, 0.3) is 10.8 Å². The molecule has 28 heavy (non-hydrogen) atoms. The molecule has 1 atom stereocenters. The fourth-order valence-corrected chi connectivity index (χ4v) is 3.74. The molecule has 1 aliphatic rings. The van der Waals surface area contributed by atoms with Crippen LogP contribution in [0.5, 0.6) is 0 Å². The summed E-state index contributed by atoms with van der Waals surface area (Å²) < 4.78 is 5.57. The molecule has 0 aromatic heterocycles. The second-order valence-electron chi connectivity index (χ2n) is 7.63. The molecule has 2 aromatic carbocycles. The molecule has 0 bridgehead atoms. The van der Waals surface area contributed by atoms with Gasteiger partial charge in [0, 0.05) is 32.3 Å². The first-order valence-corrected chi connectivity index (χ1v) is 9.75. The van der Waals surface area contributed by atoms with E-state index in [1.165, 1.54) is 16.3 Å². The molecule has 0 amide bonds. The monoisotopic (exact) mass is 496 g/mol. The van der Waals surface area contributed by atoms with Gasteiger partial charge in [-0.3, -0.25) is 4.99 Å². The number of aliphatic imine (C=N–C) groups is 1. The average Bonchev–Trinajstić information content (AvgIpc) is 2.71. The first kappa shape index (κ1) is 22.9. The Hall–Kier alpha value is -1.38. The molecule has 154 valence electrons. The lowest BCUT2D eigenvalue weighted by Crippen LogP contribution is -2.57. The first-order valence-electron chi connectivity index (χ1n) is 9.75. The number of likely N-dealkylation sites (N-methyl/N-ethyl adjacent to an activating group) is 1. The second kappa shape index (κ2) is 10.4. The van der Waals surface area contributed by atoms with Crippen molar-refractivity contribution in [1.29, 1.82) is 0 Å². The maximum absolute atomic E-state index is 5.57. The lowest BCUT2D eigenvalue weighted by atomic mass is 9.88. The Bertz CT molecular complexity index is 787. The van der Waals surface area contributed by atoms with Crippen LogP contribution in [0.4, 0.5) is 0 Å². The number of guanidine groups is 1. The molecule has 1 aliphatic heterocycles. The predicted molar refractivity (Wildman–Crippen MR) is 129 cm³/mol. The number of benzene rings is 2. The van der Waals surface area contributed by atoms with Gasteiger partial charge in [0.1, 0.15) is 0 Å². The van der Waals surface area contributed by atoms with E-state index in [1.54, 1.807) is 0 Å². The lowest BCUT2D eigenvalue weighted by Gasteiger charge is -2.43. The Labute approximate surface area is 185 Å². The van der Waals surface area contributed by atoms with Gasteiger partial charge in [-0.15, -0.1) is 24.0 Å². The zero-order valence-corrected chi connectivity index (χ0v) is 19.7. The summed E-state index contributed by atoms with van der Waals surface area (Å²) in [4.78, 5) is 6.76. The number of rotatable bonds is 5. The van der Waals surface area contributed by atoms with Crippen molar-refractivity contribution in [1.82, 2.24) is 15.5 Å². The molecule has 1 fully saturated rings. The highest BCUT2D eigenvalue weighted by Crippen LogP contribution is 2.25. The molecule has 1 saturated heterocycles. The van der Waals surface area contributed by atoms with E-state index in [0.717, 1.165) is 38.6 Å². The molecule has 1 unspecified atom stereocenters. The molecular formula is C22H33IN4O. The smallest absolute Gasteiger partial charge is 0.191 e. The maximum atomic E-state index is 5.57. The molecule has 2 aromatic rings. The van der Waals surface area contributed by atoms with Crippen LogP contribution in [0.15, 0.2) is 47.5 Å². The number of hydrogen-bond donors (Lipinski definition) is 2. The Kier molecular flexibility index (Phi) is 8.52. The van der Waals surface area contributed by atoms with Gasteiger partial charge in [-0.05, 0) is 56.3 Å². The topological polar surface area (TPSA) is 48.9 Å².